The molecule has 0 unspecified atom stereocenters. The first-order valence-electron chi connectivity index (χ1n) is 2.56. The van der Waals surface area contributed by atoms with Crippen molar-refractivity contribution < 1.29 is 9.68 Å². The van der Waals surface area contributed by atoms with Gasteiger partial charge in [-0.25, -0.2) is 0 Å². The SMILES string of the molecule is O[B]Oc1ccncc1Cl. The zero-order chi connectivity index (χ0) is 7.40. The van der Waals surface area contributed by atoms with E-state index in [9.17, 15) is 0 Å². The van der Waals surface area contributed by atoms with E-state index in [1.54, 1.807) is 6.07 Å². The minimum absolute atomic E-state index is 0.368. The van der Waals surface area contributed by atoms with Crippen LogP contribution in [0.2, 0.25) is 5.02 Å². The van der Waals surface area contributed by atoms with Crippen LogP contribution in [-0.4, -0.2) is 17.7 Å². The number of nitrogens with zero attached hydrogens (tertiary/aromatic N) is 1. The maximum absolute atomic E-state index is 8.22. The number of hydrogen-bond acceptors (Lipinski definition) is 3. The molecule has 0 spiro atoms. The van der Waals surface area contributed by atoms with Crippen molar-refractivity contribution in [1.29, 1.82) is 0 Å². The molecule has 0 atom stereocenters. The van der Waals surface area contributed by atoms with E-state index in [1.807, 2.05) is 0 Å². The number of pyridine rings is 1. The van der Waals surface area contributed by atoms with Crippen LogP contribution in [0.4, 0.5) is 0 Å². The Balaban J connectivity index is 2.81. The van der Waals surface area contributed by atoms with E-state index >= 15 is 0 Å². The summed E-state index contributed by atoms with van der Waals surface area (Å²) in [6, 6.07) is 1.55. The molecule has 0 aromatic carbocycles. The van der Waals surface area contributed by atoms with Crippen LogP contribution < -0.4 is 4.65 Å². The van der Waals surface area contributed by atoms with E-state index in [0.29, 0.717) is 18.5 Å². The second-order valence-corrected chi connectivity index (χ2v) is 1.94. The van der Waals surface area contributed by atoms with Crippen molar-refractivity contribution in [2.75, 3.05) is 0 Å². The summed E-state index contributed by atoms with van der Waals surface area (Å²) in [5, 5.41) is 8.59. The van der Waals surface area contributed by atoms with Crippen molar-refractivity contribution in [3.05, 3.63) is 23.5 Å². The lowest BCUT2D eigenvalue weighted by molar-refractivity contribution is 0.453. The summed E-state index contributed by atoms with van der Waals surface area (Å²) in [5.41, 5.74) is 0. The third-order valence-electron chi connectivity index (χ3n) is 0.915. The minimum Gasteiger partial charge on any atom is -0.536 e. The Morgan fingerprint density at radius 1 is 1.70 bits per heavy atom. The van der Waals surface area contributed by atoms with Crippen LogP contribution in [0.25, 0.3) is 0 Å². The number of aromatic nitrogens is 1. The summed E-state index contributed by atoms with van der Waals surface area (Å²) >= 11 is 5.58. The second-order valence-electron chi connectivity index (χ2n) is 1.53. The molecule has 0 aliphatic rings. The summed E-state index contributed by atoms with van der Waals surface area (Å²) in [5.74, 6) is 0.388. The monoisotopic (exact) mass is 156 g/mol. The van der Waals surface area contributed by atoms with Crippen LogP contribution in [0.3, 0.4) is 0 Å². The topological polar surface area (TPSA) is 42.4 Å². The molecule has 0 saturated carbocycles. The fraction of sp³-hybridized carbons (Fsp3) is 0. The van der Waals surface area contributed by atoms with Crippen molar-refractivity contribution in [1.82, 2.24) is 4.98 Å². The van der Waals surface area contributed by atoms with Gasteiger partial charge in [-0.15, -0.1) is 0 Å². The molecule has 1 N–H and O–H groups in total. The van der Waals surface area contributed by atoms with Gasteiger partial charge >= 0.3 is 7.69 Å². The molecular formula is C5H4BClNO2. The van der Waals surface area contributed by atoms with Gasteiger partial charge in [-0.05, 0) is 6.07 Å². The standard InChI is InChI=1S/C5H4BClNO2/c7-4-3-8-2-1-5(4)10-6-9/h1-3,9H. The van der Waals surface area contributed by atoms with E-state index in [2.05, 4.69) is 9.64 Å². The Morgan fingerprint density at radius 2 is 2.50 bits per heavy atom. The van der Waals surface area contributed by atoms with Gasteiger partial charge in [0.05, 0.1) is 5.02 Å². The molecular weight excluding hydrogens is 152 g/mol. The van der Waals surface area contributed by atoms with Gasteiger partial charge in [0, 0.05) is 12.4 Å². The van der Waals surface area contributed by atoms with E-state index in [1.165, 1.54) is 12.4 Å². The molecule has 0 aliphatic heterocycles. The highest BCUT2D eigenvalue weighted by molar-refractivity contribution is 6.32. The lowest BCUT2D eigenvalue weighted by Crippen LogP contribution is -1.99. The Hall–Kier alpha value is -0.735. The highest BCUT2D eigenvalue weighted by Gasteiger charge is 1.98. The Labute approximate surface area is 63.9 Å². The average molecular weight is 156 g/mol. The van der Waals surface area contributed by atoms with Gasteiger partial charge < -0.3 is 9.68 Å². The van der Waals surface area contributed by atoms with E-state index in [0.717, 1.165) is 0 Å². The van der Waals surface area contributed by atoms with Crippen LogP contribution in [0.1, 0.15) is 0 Å². The number of halogens is 1. The van der Waals surface area contributed by atoms with Gasteiger partial charge in [-0.1, -0.05) is 11.6 Å². The van der Waals surface area contributed by atoms with E-state index in [-0.39, 0.29) is 0 Å². The van der Waals surface area contributed by atoms with Crippen molar-refractivity contribution in [3.8, 4) is 5.75 Å². The van der Waals surface area contributed by atoms with Crippen molar-refractivity contribution in [2.24, 2.45) is 0 Å². The van der Waals surface area contributed by atoms with Crippen molar-refractivity contribution in [2.45, 2.75) is 0 Å². The largest absolute Gasteiger partial charge is 0.569 e. The van der Waals surface area contributed by atoms with E-state index < -0.39 is 0 Å². The maximum atomic E-state index is 8.22. The first kappa shape index (κ1) is 7.37. The summed E-state index contributed by atoms with van der Waals surface area (Å²) < 4.78 is 4.60. The number of hydrogen-bond donors (Lipinski definition) is 1. The molecule has 1 aromatic heterocycles. The van der Waals surface area contributed by atoms with Gasteiger partial charge in [-0.2, -0.15) is 0 Å². The molecule has 0 bridgehead atoms. The zero-order valence-electron chi connectivity index (χ0n) is 4.99. The Bertz CT molecular complexity index is 221. The molecule has 1 heterocycles. The first-order chi connectivity index (χ1) is 4.84. The summed E-state index contributed by atoms with van der Waals surface area (Å²) in [4.78, 5) is 3.72. The highest BCUT2D eigenvalue weighted by atomic mass is 35.5. The lowest BCUT2D eigenvalue weighted by Gasteiger charge is -2.00. The smallest absolute Gasteiger partial charge is 0.536 e. The first-order valence-corrected chi connectivity index (χ1v) is 2.94. The predicted molar refractivity (Wildman–Crippen MR) is 37.8 cm³/mol. The van der Waals surface area contributed by atoms with Crippen molar-refractivity contribution in [3.63, 3.8) is 0 Å². The molecule has 0 saturated heterocycles. The molecule has 1 aromatic rings. The molecule has 10 heavy (non-hydrogen) atoms. The van der Waals surface area contributed by atoms with Gasteiger partial charge in [0.2, 0.25) is 0 Å². The maximum Gasteiger partial charge on any atom is 0.569 e. The van der Waals surface area contributed by atoms with Crippen LogP contribution in [0, 0.1) is 0 Å². The molecule has 0 amide bonds. The fourth-order valence-electron chi connectivity index (χ4n) is 0.515. The summed E-state index contributed by atoms with van der Waals surface area (Å²) in [6.45, 7) is 0. The summed E-state index contributed by atoms with van der Waals surface area (Å²) in [6.07, 6.45) is 2.95. The molecule has 5 heteroatoms. The minimum atomic E-state index is 0.368. The highest BCUT2D eigenvalue weighted by Crippen LogP contribution is 2.20. The molecule has 0 fully saturated rings. The fourth-order valence-corrected chi connectivity index (χ4v) is 0.679. The third-order valence-corrected chi connectivity index (χ3v) is 1.20. The third kappa shape index (κ3) is 1.62. The quantitative estimate of drug-likeness (QED) is 0.639. The van der Waals surface area contributed by atoms with Crippen molar-refractivity contribution >= 4 is 19.3 Å². The Kier molecular flexibility index (Phi) is 2.53. The van der Waals surface area contributed by atoms with Crippen LogP contribution in [0.15, 0.2) is 18.5 Å². The second kappa shape index (κ2) is 3.44. The van der Waals surface area contributed by atoms with Gasteiger partial charge in [0.15, 0.2) is 0 Å². The molecule has 1 rings (SSSR count). The molecule has 1 radical (unpaired) electrons. The Morgan fingerprint density at radius 3 is 3.10 bits per heavy atom. The number of rotatable bonds is 2. The van der Waals surface area contributed by atoms with Crippen LogP contribution >= 0.6 is 11.6 Å². The average Bonchev–Trinajstić information content (AvgIpc) is 1.94. The lowest BCUT2D eigenvalue weighted by atomic mass is 10.4. The zero-order valence-corrected chi connectivity index (χ0v) is 5.75. The van der Waals surface area contributed by atoms with Gasteiger partial charge in [0.25, 0.3) is 0 Å². The van der Waals surface area contributed by atoms with Gasteiger partial charge in [0.1, 0.15) is 5.75 Å². The van der Waals surface area contributed by atoms with E-state index in [4.69, 9.17) is 16.6 Å². The predicted octanol–water partition coefficient (Wildman–Crippen LogP) is 0.640. The van der Waals surface area contributed by atoms with Crippen LogP contribution in [-0.2, 0) is 0 Å². The molecule has 51 valence electrons. The normalized spacial score (nSPS) is 9.00. The molecule has 0 aliphatic carbocycles. The van der Waals surface area contributed by atoms with Gasteiger partial charge in [-0.3, -0.25) is 4.98 Å². The summed E-state index contributed by atoms with van der Waals surface area (Å²) in [7, 11) is 0.571. The molecule has 3 nitrogen and oxygen atoms in total. The van der Waals surface area contributed by atoms with Crippen LogP contribution in [0.5, 0.6) is 5.75 Å².